The molecular weight excluding hydrogens is 281 g/mol. The lowest BCUT2D eigenvalue weighted by Gasteiger charge is -2.11. The van der Waals surface area contributed by atoms with Crippen LogP contribution >= 0.6 is 23.2 Å². The zero-order chi connectivity index (χ0) is 13.7. The van der Waals surface area contributed by atoms with Crippen molar-refractivity contribution in [2.75, 3.05) is 18.5 Å². The standard InChI is InChI=1S/C15H15Cl2NO/c1-11-9-14(17)15(10-13(11)16)18-7-8-19-12-5-3-2-4-6-12/h2-6,9-10,18H,7-8H2,1H3. The van der Waals surface area contributed by atoms with E-state index in [4.69, 9.17) is 27.9 Å². The first-order chi connectivity index (χ1) is 9.16. The van der Waals surface area contributed by atoms with Gasteiger partial charge in [0.15, 0.2) is 0 Å². The predicted molar refractivity (Wildman–Crippen MR) is 81.6 cm³/mol. The van der Waals surface area contributed by atoms with Crippen molar-refractivity contribution >= 4 is 28.9 Å². The van der Waals surface area contributed by atoms with Crippen LogP contribution in [0.25, 0.3) is 0 Å². The van der Waals surface area contributed by atoms with E-state index < -0.39 is 0 Å². The fourth-order valence-electron chi connectivity index (χ4n) is 1.65. The van der Waals surface area contributed by atoms with Gasteiger partial charge in [0.1, 0.15) is 12.4 Å². The molecule has 0 heterocycles. The molecule has 0 aromatic heterocycles. The lowest BCUT2D eigenvalue weighted by molar-refractivity contribution is 0.333. The molecule has 0 aliphatic heterocycles. The molecular formula is C15H15Cl2NO. The van der Waals surface area contributed by atoms with Crippen LogP contribution in [0.3, 0.4) is 0 Å². The minimum Gasteiger partial charge on any atom is -0.492 e. The predicted octanol–water partition coefficient (Wildman–Crippen LogP) is 4.79. The van der Waals surface area contributed by atoms with Crippen LogP contribution in [0.4, 0.5) is 5.69 Å². The number of halogens is 2. The molecule has 0 saturated heterocycles. The molecule has 0 unspecified atom stereocenters. The Morgan fingerprint density at radius 3 is 2.53 bits per heavy atom. The van der Waals surface area contributed by atoms with Gasteiger partial charge in [0.05, 0.1) is 10.7 Å². The van der Waals surface area contributed by atoms with Gasteiger partial charge < -0.3 is 10.1 Å². The summed E-state index contributed by atoms with van der Waals surface area (Å²) in [7, 11) is 0. The van der Waals surface area contributed by atoms with E-state index >= 15 is 0 Å². The molecule has 0 atom stereocenters. The lowest BCUT2D eigenvalue weighted by atomic mass is 10.2. The summed E-state index contributed by atoms with van der Waals surface area (Å²) >= 11 is 12.2. The molecule has 0 radical (unpaired) electrons. The van der Waals surface area contributed by atoms with Gasteiger partial charge in [-0.05, 0) is 36.8 Å². The van der Waals surface area contributed by atoms with E-state index in [0.717, 1.165) is 17.0 Å². The maximum absolute atomic E-state index is 6.14. The molecule has 4 heteroatoms. The molecule has 0 bridgehead atoms. The maximum atomic E-state index is 6.14. The summed E-state index contributed by atoms with van der Waals surface area (Å²) < 4.78 is 5.58. The summed E-state index contributed by atoms with van der Waals surface area (Å²) in [6.07, 6.45) is 0. The van der Waals surface area contributed by atoms with Gasteiger partial charge in [-0.25, -0.2) is 0 Å². The largest absolute Gasteiger partial charge is 0.492 e. The van der Waals surface area contributed by atoms with Gasteiger partial charge in [0.2, 0.25) is 0 Å². The highest BCUT2D eigenvalue weighted by atomic mass is 35.5. The quantitative estimate of drug-likeness (QED) is 0.801. The van der Waals surface area contributed by atoms with Crippen LogP contribution < -0.4 is 10.1 Å². The molecule has 2 nitrogen and oxygen atoms in total. The zero-order valence-electron chi connectivity index (χ0n) is 10.6. The minimum absolute atomic E-state index is 0.561. The number of benzene rings is 2. The van der Waals surface area contributed by atoms with E-state index in [1.54, 1.807) is 0 Å². The summed E-state index contributed by atoms with van der Waals surface area (Å²) in [5.41, 5.74) is 1.80. The molecule has 0 amide bonds. The van der Waals surface area contributed by atoms with Crippen LogP contribution in [-0.2, 0) is 0 Å². The van der Waals surface area contributed by atoms with Crippen molar-refractivity contribution in [3.8, 4) is 5.75 Å². The lowest BCUT2D eigenvalue weighted by Crippen LogP contribution is -2.11. The Morgan fingerprint density at radius 2 is 1.79 bits per heavy atom. The molecule has 0 saturated carbocycles. The summed E-state index contributed by atoms with van der Waals surface area (Å²) in [5.74, 6) is 0.859. The first-order valence-electron chi connectivity index (χ1n) is 6.04. The minimum atomic E-state index is 0.561. The fourth-order valence-corrected chi connectivity index (χ4v) is 2.10. The number of nitrogens with one attached hydrogen (secondary N) is 1. The Balaban J connectivity index is 1.85. The van der Waals surface area contributed by atoms with Gasteiger partial charge in [-0.3, -0.25) is 0 Å². The highest BCUT2D eigenvalue weighted by Gasteiger charge is 2.04. The normalized spacial score (nSPS) is 10.3. The third kappa shape index (κ3) is 4.05. The first kappa shape index (κ1) is 14.0. The molecule has 2 aromatic carbocycles. The van der Waals surface area contributed by atoms with Crippen LogP contribution in [0.1, 0.15) is 5.56 Å². The van der Waals surface area contributed by atoms with Crippen molar-refractivity contribution in [2.24, 2.45) is 0 Å². The molecule has 19 heavy (non-hydrogen) atoms. The second-order valence-electron chi connectivity index (χ2n) is 4.17. The Hall–Kier alpha value is -1.38. The maximum Gasteiger partial charge on any atom is 0.119 e. The average Bonchev–Trinajstić information content (AvgIpc) is 2.41. The number of rotatable bonds is 5. The number of hydrogen-bond acceptors (Lipinski definition) is 2. The molecule has 0 spiro atoms. The van der Waals surface area contributed by atoms with E-state index in [0.29, 0.717) is 23.2 Å². The number of para-hydroxylation sites is 1. The molecule has 0 fully saturated rings. The Kier molecular flexibility index (Phi) is 4.94. The number of anilines is 1. The highest BCUT2D eigenvalue weighted by Crippen LogP contribution is 2.28. The van der Waals surface area contributed by atoms with Crippen molar-refractivity contribution in [3.05, 3.63) is 58.1 Å². The van der Waals surface area contributed by atoms with E-state index in [2.05, 4.69) is 5.32 Å². The van der Waals surface area contributed by atoms with Crippen LogP contribution in [0.2, 0.25) is 10.0 Å². The fraction of sp³-hybridized carbons (Fsp3) is 0.200. The van der Waals surface area contributed by atoms with E-state index in [1.807, 2.05) is 49.4 Å². The highest BCUT2D eigenvalue weighted by molar-refractivity contribution is 6.35. The topological polar surface area (TPSA) is 21.3 Å². The van der Waals surface area contributed by atoms with Crippen molar-refractivity contribution in [1.29, 1.82) is 0 Å². The van der Waals surface area contributed by atoms with Gasteiger partial charge >= 0.3 is 0 Å². The van der Waals surface area contributed by atoms with Crippen LogP contribution in [0.5, 0.6) is 5.75 Å². The Labute approximate surface area is 123 Å². The van der Waals surface area contributed by atoms with Gasteiger partial charge in [-0.2, -0.15) is 0 Å². The van der Waals surface area contributed by atoms with Gasteiger partial charge in [-0.1, -0.05) is 41.4 Å². The molecule has 2 aromatic rings. The molecule has 0 aliphatic rings. The van der Waals surface area contributed by atoms with Crippen molar-refractivity contribution < 1.29 is 4.74 Å². The van der Waals surface area contributed by atoms with E-state index in [-0.39, 0.29) is 0 Å². The monoisotopic (exact) mass is 295 g/mol. The molecule has 0 aliphatic carbocycles. The van der Waals surface area contributed by atoms with E-state index in [1.165, 1.54) is 0 Å². The third-order valence-corrected chi connectivity index (χ3v) is 3.40. The summed E-state index contributed by atoms with van der Waals surface area (Å²) in [5, 5.41) is 4.58. The summed E-state index contributed by atoms with van der Waals surface area (Å²) in [6, 6.07) is 13.4. The number of ether oxygens (including phenoxy) is 1. The molecule has 100 valence electrons. The second-order valence-corrected chi connectivity index (χ2v) is 4.98. The van der Waals surface area contributed by atoms with Crippen LogP contribution in [0, 0.1) is 6.92 Å². The summed E-state index contributed by atoms with van der Waals surface area (Å²) in [6.45, 7) is 3.15. The first-order valence-corrected chi connectivity index (χ1v) is 6.80. The van der Waals surface area contributed by atoms with Crippen LogP contribution in [0.15, 0.2) is 42.5 Å². The molecule has 2 rings (SSSR count). The summed E-state index contributed by atoms with van der Waals surface area (Å²) in [4.78, 5) is 0. The Morgan fingerprint density at radius 1 is 1.05 bits per heavy atom. The van der Waals surface area contributed by atoms with Crippen molar-refractivity contribution in [2.45, 2.75) is 6.92 Å². The smallest absolute Gasteiger partial charge is 0.119 e. The third-order valence-electron chi connectivity index (χ3n) is 2.68. The van der Waals surface area contributed by atoms with Crippen molar-refractivity contribution in [3.63, 3.8) is 0 Å². The molecule has 1 N–H and O–H groups in total. The van der Waals surface area contributed by atoms with Crippen molar-refractivity contribution in [1.82, 2.24) is 0 Å². The van der Waals surface area contributed by atoms with Gasteiger partial charge in [0.25, 0.3) is 0 Å². The van der Waals surface area contributed by atoms with Gasteiger partial charge in [0, 0.05) is 11.6 Å². The SMILES string of the molecule is Cc1cc(Cl)c(NCCOc2ccccc2)cc1Cl. The van der Waals surface area contributed by atoms with Gasteiger partial charge in [-0.15, -0.1) is 0 Å². The second kappa shape index (κ2) is 6.69. The zero-order valence-corrected chi connectivity index (χ0v) is 12.1. The average molecular weight is 296 g/mol. The van der Waals surface area contributed by atoms with E-state index in [9.17, 15) is 0 Å². The number of hydrogen-bond donors (Lipinski definition) is 1. The number of aryl methyl sites for hydroxylation is 1. The Bertz CT molecular complexity index is 543. The van der Waals surface area contributed by atoms with Crippen LogP contribution in [-0.4, -0.2) is 13.2 Å².